The average Bonchev–Trinajstić information content (AvgIpc) is 3.41. The van der Waals surface area contributed by atoms with Crippen LogP contribution >= 0.6 is 14.5 Å². The maximum atomic E-state index is 7.26. The Labute approximate surface area is 409 Å². The fourth-order valence-corrected chi connectivity index (χ4v) is 18.7. The van der Waals surface area contributed by atoms with Crippen LogP contribution in [0.1, 0.15) is 102 Å². The van der Waals surface area contributed by atoms with E-state index in [1.807, 2.05) is 0 Å². The monoisotopic (exact) mass is 934 g/mol. The molecule has 2 nitrogen and oxygen atoms in total. The minimum Gasteiger partial charge on any atom is -0.493 e. The van der Waals surface area contributed by atoms with Crippen LogP contribution in [0.15, 0.2) is 206 Å². The van der Waals surface area contributed by atoms with Gasteiger partial charge in [0.25, 0.3) is 0 Å². The number of hydrogen-bond acceptors (Lipinski definition) is 2. The van der Waals surface area contributed by atoms with Crippen LogP contribution in [0.25, 0.3) is 10.8 Å². The van der Waals surface area contributed by atoms with Crippen LogP contribution in [0.5, 0.6) is 11.5 Å². The molecule has 0 N–H and O–H groups in total. The largest absolute Gasteiger partial charge is 0.493 e. The fourth-order valence-electron chi connectivity index (χ4n) is 10.2. The molecule has 0 bridgehead atoms. The lowest BCUT2D eigenvalue weighted by Gasteiger charge is -2.30. The van der Waals surface area contributed by atoms with Crippen LogP contribution in [0.3, 0.4) is 0 Å². The summed E-state index contributed by atoms with van der Waals surface area (Å²) in [5, 5.41) is 10.5. The Morgan fingerprint density at radius 2 is 0.529 bits per heavy atom. The molecular weight excluding hydrogens is 863 g/mol. The lowest BCUT2D eigenvalue weighted by atomic mass is 10.0. The maximum absolute atomic E-state index is 7.26. The summed E-state index contributed by atoms with van der Waals surface area (Å²) in [6, 6.07) is 77.3. The van der Waals surface area contributed by atoms with E-state index in [2.05, 4.69) is 220 Å². The first-order valence-corrected chi connectivity index (χ1v) is 29.6. The number of fused-ring (bicyclic) bond motifs is 1. The Kier molecular flexibility index (Phi) is 18.1. The Hall–Kier alpha value is -5.52. The summed E-state index contributed by atoms with van der Waals surface area (Å²) in [4.78, 5) is 0. The lowest BCUT2D eigenvalue weighted by molar-refractivity contribution is 0.302. The van der Waals surface area contributed by atoms with Crippen LogP contribution in [0, 0.1) is 0 Å². The SMILES string of the molecule is CCCCCCCCOc1c(C[P+](c2ccccc2)(c2ccccc2)c2ccccc2)ccc2c(OCCCCCCCC)c(C[P+](c3ccccc3)(c3ccccc3)c3ccccc3)ccc12. The van der Waals surface area contributed by atoms with E-state index in [0.717, 1.165) is 47.4 Å². The molecule has 0 radical (unpaired) electrons. The van der Waals surface area contributed by atoms with Gasteiger partial charge in [-0.05, 0) is 97.8 Å². The highest BCUT2D eigenvalue weighted by molar-refractivity contribution is 7.95. The van der Waals surface area contributed by atoms with Crippen molar-refractivity contribution >= 4 is 57.1 Å². The average molecular weight is 935 g/mol. The second-order valence-electron chi connectivity index (χ2n) is 18.4. The molecule has 0 aromatic heterocycles. The summed E-state index contributed by atoms with van der Waals surface area (Å²) in [7, 11) is -4.46. The Morgan fingerprint density at radius 3 is 0.794 bits per heavy atom. The summed E-state index contributed by atoms with van der Waals surface area (Å²) >= 11 is 0. The third-order valence-electron chi connectivity index (χ3n) is 13.8. The number of unbranched alkanes of at least 4 members (excludes halogenated alkanes) is 10. The zero-order valence-corrected chi connectivity index (χ0v) is 42.4. The van der Waals surface area contributed by atoms with Crippen LogP contribution < -0.4 is 41.3 Å². The van der Waals surface area contributed by atoms with Gasteiger partial charge in [0.15, 0.2) is 0 Å². The first-order chi connectivity index (χ1) is 33.7. The molecule has 4 heteroatoms. The molecule has 8 rings (SSSR count). The third kappa shape index (κ3) is 11.5. The number of benzene rings is 8. The molecule has 0 saturated carbocycles. The predicted octanol–water partition coefficient (Wildman–Crippen LogP) is 15.3. The Balaban J connectivity index is 1.31. The van der Waals surface area contributed by atoms with Gasteiger partial charge in [-0.15, -0.1) is 0 Å². The molecule has 0 amide bonds. The fraction of sp³-hybridized carbons (Fsp3) is 0.281. The van der Waals surface area contributed by atoms with Gasteiger partial charge in [0.05, 0.1) is 13.2 Å². The third-order valence-corrected chi connectivity index (χ3v) is 22.5. The number of rotatable bonds is 26. The number of ether oxygens (including phenoxy) is 2. The number of hydrogen-bond donors (Lipinski definition) is 0. The normalized spacial score (nSPS) is 11.7. The molecule has 8 aromatic carbocycles. The minimum atomic E-state index is -2.23. The van der Waals surface area contributed by atoms with Crippen LogP contribution in [0.4, 0.5) is 0 Å². The van der Waals surface area contributed by atoms with E-state index in [1.165, 1.54) is 107 Å². The van der Waals surface area contributed by atoms with E-state index in [-0.39, 0.29) is 0 Å². The van der Waals surface area contributed by atoms with Crippen molar-refractivity contribution < 1.29 is 9.47 Å². The lowest BCUT2D eigenvalue weighted by Crippen LogP contribution is -2.32. The van der Waals surface area contributed by atoms with Gasteiger partial charge < -0.3 is 9.47 Å². The molecule has 348 valence electrons. The van der Waals surface area contributed by atoms with Gasteiger partial charge in [-0.1, -0.05) is 199 Å². The molecule has 0 heterocycles. The summed E-state index contributed by atoms with van der Waals surface area (Å²) in [6.07, 6.45) is 16.3. The van der Waals surface area contributed by atoms with E-state index < -0.39 is 14.5 Å². The summed E-state index contributed by atoms with van der Waals surface area (Å²) in [6.45, 7) is 5.95. The van der Waals surface area contributed by atoms with E-state index in [4.69, 9.17) is 9.47 Å². The first-order valence-electron chi connectivity index (χ1n) is 25.6. The van der Waals surface area contributed by atoms with E-state index in [1.54, 1.807) is 0 Å². The zero-order chi connectivity index (χ0) is 46.7. The van der Waals surface area contributed by atoms with E-state index >= 15 is 0 Å². The van der Waals surface area contributed by atoms with Crippen LogP contribution in [0.2, 0.25) is 0 Å². The molecule has 8 aromatic rings. The van der Waals surface area contributed by atoms with E-state index in [9.17, 15) is 0 Å². The molecule has 0 unspecified atom stereocenters. The predicted molar refractivity (Wildman–Crippen MR) is 299 cm³/mol. The molecular formula is C64H72O2P2+2. The van der Waals surface area contributed by atoms with Gasteiger partial charge in [-0.2, -0.15) is 0 Å². The van der Waals surface area contributed by atoms with Crippen LogP contribution in [-0.2, 0) is 12.3 Å². The highest BCUT2D eigenvalue weighted by Crippen LogP contribution is 2.61. The zero-order valence-electron chi connectivity index (χ0n) is 40.7. The van der Waals surface area contributed by atoms with Gasteiger partial charge in [-0.25, -0.2) is 0 Å². The van der Waals surface area contributed by atoms with Gasteiger partial charge in [0.1, 0.15) is 70.2 Å². The molecule has 0 aliphatic heterocycles. The van der Waals surface area contributed by atoms with Crippen molar-refractivity contribution in [3.05, 3.63) is 217 Å². The topological polar surface area (TPSA) is 18.5 Å². The summed E-state index contributed by atoms with van der Waals surface area (Å²) in [5.41, 5.74) is 2.51. The molecule has 0 atom stereocenters. The van der Waals surface area contributed by atoms with Crippen molar-refractivity contribution in [2.75, 3.05) is 13.2 Å². The highest BCUT2D eigenvalue weighted by atomic mass is 31.2. The second-order valence-corrected chi connectivity index (χ2v) is 25.4. The second kappa shape index (κ2) is 25.2. The first kappa shape index (κ1) is 48.9. The van der Waals surface area contributed by atoms with Crippen molar-refractivity contribution in [1.82, 2.24) is 0 Å². The van der Waals surface area contributed by atoms with Crippen LogP contribution in [-0.4, -0.2) is 13.2 Å². The van der Waals surface area contributed by atoms with Gasteiger partial charge >= 0.3 is 0 Å². The molecule has 0 spiro atoms. The van der Waals surface area contributed by atoms with Gasteiger partial charge in [0.2, 0.25) is 0 Å². The van der Waals surface area contributed by atoms with Crippen molar-refractivity contribution in [3.8, 4) is 11.5 Å². The molecule has 0 aliphatic rings. The van der Waals surface area contributed by atoms with Crippen molar-refractivity contribution in [1.29, 1.82) is 0 Å². The highest BCUT2D eigenvalue weighted by Gasteiger charge is 2.48. The van der Waals surface area contributed by atoms with Crippen molar-refractivity contribution in [2.45, 2.75) is 103 Å². The molecule has 0 aliphatic carbocycles. The standard InChI is InChI=1S/C64H72O2P2/c1-3-5-7-9-11-31-49-65-63-53(51-67(55-33-19-13-20-34-55,56-35-21-14-22-36-56)57-37-23-15-24-38-57)45-48-62-61(63)47-46-54(64(62)66-50-32-12-10-8-6-4-2)52-68(58-39-25-16-26-40-58,59-41-27-17-28-42-59)60-43-29-18-30-44-60/h13-30,33-48H,3-12,31-32,49-52H2,1-2H3/q+2. The van der Waals surface area contributed by atoms with Gasteiger partial charge in [0, 0.05) is 21.9 Å². The summed E-state index contributed by atoms with van der Waals surface area (Å²) in [5.74, 6) is 2.02. The quantitative estimate of drug-likeness (QED) is 0.0398. The molecule has 0 saturated heterocycles. The minimum absolute atomic E-state index is 0.687. The molecule has 68 heavy (non-hydrogen) atoms. The maximum Gasteiger partial charge on any atom is 0.134 e. The van der Waals surface area contributed by atoms with Crippen molar-refractivity contribution in [3.63, 3.8) is 0 Å². The Bertz CT molecular complexity index is 2310. The van der Waals surface area contributed by atoms with E-state index in [0.29, 0.717) is 13.2 Å². The smallest absolute Gasteiger partial charge is 0.134 e. The van der Waals surface area contributed by atoms with Crippen molar-refractivity contribution in [2.24, 2.45) is 0 Å². The summed E-state index contributed by atoms with van der Waals surface area (Å²) < 4.78 is 14.5. The van der Waals surface area contributed by atoms with Gasteiger partial charge in [-0.3, -0.25) is 0 Å². The molecule has 0 fully saturated rings. The Morgan fingerprint density at radius 1 is 0.279 bits per heavy atom.